The fraction of sp³-hybridized carbons (Fsp3) is 0.222. The van der Waals surface area contributed by atoms with Crippen LogP contribution >= 0.6 is 9.24 Å². The van der Waals surface area contributed by atoms with Crippen LogP contribution in [0.3, 0.4) is 0 Å². The van der Waals surface area contributed by atoms with Crippen molar-refractivity contribution >= 4 is 14.5 Å². The molecule has 0 radical (unpaired) electrons. The molecule has 1 aromatic heterocycles. The van der Waals surface area contributed by atoms with Crippen molar-refractivity contribution < 1.29 is 0 Å². The predicted octanol–water partition coefficient (Wildman–Crippen LogP) is 0.144. The molecule has 0 aliphatic rings. The number of aromatic nitrogens is 1. The second-order valence-corrected chi connectivity index (χ2v) is 3.45. The van der Waals surface area contributed by atoms with Gasteiger partial charge >= 0.3 is 0 Å². The first kappa shape index (κ1) is 10.2. The number of nitrogens with two attached hydrogens (primary N) is 1. The van der Waals surface area contributed by atoms with Crippen LogP contribution in [-0.2, 0) is 6.54 Å². The van der Waals surface area contributed by atoms with Crippen molar-refractivity contribution in [3.63, 3.8) is 0 Å². The predicted molar refractivity (Wildman–Crippen MR) is 58.6 cm³/mol. The van der Waals surface area contributed by atoms with Gasteiger partial charge < -0.3 is 11.1 Å². The molecule has 1 aromatic rings. The minimum absolute atomic E-state index is 0.466. The molecule has 0 aliphatic carbocycles. The van der Waals surface area contributed by atoms with Gasteiger partial charge in [-0.1, -0.05) is 6.58 Å². The molecule has 70 valence electrons. The molecule has 1 atom stereocenters. The minimum atomic E-state index is 0.466. The molecule has 0 aromatic carbocycles. The van der Waals surface area contributed by atoms with Crippen molar-refractivity contribution in [1.82, 2.24) is 10.3 Å². The normalized spacial score (nSPS) is 9.69. The van der Waals surface area contributed by atoms with E-state index in [0.29, 0.717) is 6.54 Å². The molecule has 0 spiro atoms. The van der Waals surface area contributed by atoms with Crippen LogP contribution in [0.2, 0.25) is 0 Å². The molecule has 1 heterocycles. The maximum Gasteiger partial charge on any atom is 0.0413 e. The maximum absolute atomic E-state index is 5.38. The van der Waals surface area contributed by atoms with Crippen LogP contribution in [0.15, 0.2) is 30.7 Å². The van der Waals surface area contributed by atoms with Gasteiger partial charge in [0.25, 0.3) is 0 Å². The van der Waals surface area contributed by atoms with Gasteiger partial charge in [0, 0.05) is 31.2 Å². The van der Waals surface area contributed by atoms with Gasteiger partial charge in [-0.2, -0.15) is 0 Å². The van der Waals surface area contributed by atoms with Crippen molar-refractivity contribution in [1.29, 1.82) is 0 Å². The zero-order valence-corrected chi connectivity index (χ0v) is 8.61. The van der Waals surface area contributed by atoms with Gasteiger partial charge in [0.2, 0.25) is 0 Å². The van der Waals surface area contributed by atoms with Crippen LogP contribution in [0.25, 0.3) is 0 Å². The summed E-state index contributed by atoms with van der Waals surface area (Å²) in [5, 5.41) is 4.19. The maximum atomic E-state index is 5.38. The lowest BCUT2D eigenvalue weighted by molar-refractivity contribution is 0.788. The van der Waals surface area contributed by atoms with Crippen molar-refractivity contribution in [2.45, 2.75) is 6.54 Å². The first-order valence-electron chi connectivity index (χ1n) is 4.03. The van der Waals surface area contributed by atoms with Crippen molar-refractivity contribution in [3.8, 4) is 0 Å². The van der Waals surface area contributed by atoms with E-state index in [1.807, 2.05) is 6.20 Å². The number of nitrogens with zero attached hydrogens (tertiary/aromatic N) is 1. The molecular weight excluding hydrogens is 181 g/mol. The summed E-state index contributed by atoms with van der Waals surface area (Å²) in [5.74, 6) is 0. The Morgan fingerprint density at radius 1 is 1.62 bits per heavy atom. The summed E-state index contributed by atoms with van der Waals surface area (Å²) in [4.78, 5) is 4.07. The molecule has 1 unspecified atom stereocenters. The molecule has 13 heavy (non-hydrogen) atoms. The van der Waals surface area contributed by atoms with Crippen LogP contribution in [0.5, 0.6) is 0 Å². The van der Waals surface area contributed by atoms with Gasteiger partial charge in [-0.25, -0.2) is 0 Å². The Balaban J connectivity index is 2.50. The Hall–Kier alpha value is -0.920. The fourth-order valence-electron chi connectivity index (χ4n) is 0.904. The molecular formula is C9H14N3P. The number of pyridine rings is 1. The van der Waals surface area contributed by atoms with Crippen LogP contribution in [0.4, 0.5) is 0 Å². The third kappa shape index (κ3) is 3.53. The first-order valence-corrected chi connectivity index (χ1v) is 4.61. The van der Waals surface area contributed by atoms with Crippen molar-refractivity contribution in [2.24, 2.45) is 5.73 Å². The van der Waals surface area contributed by atoms with Crippen molar-refractivity contribution in [2.75, 3.05) is 6.54 Å². The smallest absolute Gasteiger partial charge is 0.0413 e. The highest BCUT2D eigenvalue weighted by Gasteiger charge is 1.94. The fourth-order valence-corrected chi connectivity index (χ4v) is 1.20. The zero-order chi connectivity index (χ0) is 9.68. The van der Waals surface area contributed by atoms with E-state index in [2.05, 4.69) is 32.2 Å². The summed E-state index contributed by atoms with van der Waals surface area (Å²) in [6.07, 6.45) is 3.62. The zero-order valence-electron chi connectivity index (χ0n) is 7.46. The van der Waals surface area contributed by atoms with Crippen LogP contribution in [0, 0.1) is 0 Å². The monoisotopic (exact) mass is 195 g/mol. The molecule has 0 aliphatic heterocycles. The lowest BCUT2D eigenvalue weighted by Crippen LogP contribution is -2.19. The topological polar surface area (TPSA) is 50.9 Å². The molecule has 0 saturated carbocycles. The second-order valence-electron chi connectivity index (χ2n) is 2.79. The Labute approximate surface area is 80.6 Å². The van der Waals surface area contributed by atoms with E-state index in [1.54, 1.807) is 6.20 Å². The van der Waals surface area contributed by atoms with Gasteiger partial charge in [0.1, 0.15) is 0 Å². The molecule has 3 N–H and O–H groups in total. The third-order valence-corrected chi connectivity index (χ3v) is 1.92. The standard InChI is InChI=1S/C9H14N3P/c1-7(3-10)12-5-8-2-9(13)6-11-4-8/h2,4,6,12H,1,3,5,10,13H2. The number of nitrogens with one attached hydrogen (secondary N) is 1. The molecule has 3 nitrogen and oxygen atoms in total. The average Bonchev–Trinajstić information content (AvgIpc) is 2.14. The Kier molecular flexibility index (Phi) is 3.87. The number of rotatable bonds is 4. The quantitative estimate of drug-likeness (QED) is 0.672. The van der Waals surface area contributed by atoms with Crippen LogP contribution < -0.4 is 16.4 Å². The molecule has 0 bridgehead atoms. The summed E-state index contributed by atoms with van der Waals surface area (Å²) in [5.41, 5.74) is 7.35. The van der Waals surface area contributed by atoms with Gasteiger partial charge in [0.15, 0.2) is 0 Å². The summed E-state index contributed by atoms with van der Waals surface area (Å²) in [7, 11) is 2.61. The van der Waals surface area contributed by atoms with Crippen molar-refractivity contribution in [3.05, 3.63) is 36.3 Å². The van der Waals surface area contributed by atoms with E-state index < -0.39 is 0 Å². The van der Waals surface area contributed by atoms with Gasteiger partial charge in [0.05, 0.1) is 0 Å². The van der Waals surface area contributed by atoms with Gasteiger partial charge in [-0.15, -0.1) is 9.24 Å². The molecule has 0 fully saturated rings. The van der Waals surface area contributed by atoms with E-state index in [4.69, 9.17) is 5.73 Å². The van der Waals surface area contributed by atoms with E-state index in [-0.39, 0.29) is 0 Å². The highest BCUT2D eigenvalue weighted by Crippen LogP contribution is 1.97. The van der Waals surface area contributed by atoms with Gasteiger partial charge in [-0.05, 0) is 16.9 Å². The first-order chi connectivity index (χ1) is 6.22. The average molecular weight is 195 g/mol. The summed E-state index contributed by atoms with van der Waals surface area (Å²) >= 11 is 0. The van der Waals surface area contributed by atoms with Crippen LogP contribution in [-0.4, -0.2) is 11.5 Å². The molecule has 0 saturated heterocycles. The number of hydrogen-bond donors (Lipinski definition) is 2. The Morgan fingerprint density at radius 3 is 3.00 bits per heavy atom. The summed E-state index contributed by atoms with van der Waals surface area (Å²) in [6.45, 7) is 4.94. The van der Waals surface area contributed by atoms with Crippen LogP contribution in [0.1, 0.15) is 5.56 Å². The highest BCUT2D eigenvalue weighted by atomic mass is 31.0. The highest BCUT2D eigenvalue weighted by molar-refractivity contribution is 7.27. The van der Waals surface area contributed by atoms with E-state index >= 15 is 0 Å². The minimum Gasteiger partial charge on any atom is -0.384 e. The lowest BCUT2D eigenvalue weighted by Gasteiger charge is -2.06. The number of hydrogen-bond acceptors (Lipinski definition) is 3. The lowest BCUT2D eigenvalue weighted by atomic mass is 10.3. The largest absolute Gasteiger partial charge is 0.384 e. The van der Waals surface area contributed by atoms with Gasteiger partial charge in [-0.3, -0.25) is 4.98 Å². The van der Waals surface area contributed by atoms with E-state index in [1.165, 1.54) is 0 Å². The van der Waals surface area contributed by atoms with E-state index in [9.17, 15) is 0 Å². The SMILES string of the molecule is C=C(CN)NCc1cncc(P)c1. The summed E-state index contributed by atoms with van der Waals surface area (Å²) < 4.78 is 0. The third-order valence-electron chi connectivity index (χ3n) is 1.60. The molecule has 0 amide bonds. The second kappa shape index (κ2) is 4.95. The Morgan fingerprint density at radius 2 is 2.38 bits per heavy atom. The molecule has 4 heteroatoms. The molecule has 1 rings (SSSR count). The summed E-state index contributed by atoms with van der Waals surface area (Å²) in [6, 6.07) is 2.05. The Bertz CT molecular complexity index is 299. The van der Waals surface area contributed by atoms with E-state index in [0.717, 1.165) is 23.1 Å².